The number of hydrogen-bond acceptors (Lipinski definition) is 5. The molecule has 5 nitrogen and oxygen atoms in total. The van der Waals surface area contributed by atoms with Gasteiger partial charge in [-0.05, 0) is 6.07 Å². The first-order chi connectivity index (χ1) is 9.71. The second-order valence-corrected chi connectivity index (χ2v) is 4.68. The van der Waals surface area contributed by atoms with Crippen molar-refractivity contribution < 1.29 is 14.2 Å². The van der Waals surface area contributed by atoms with Crippen molar-refractivity contribution in [1.29, 1.82) is 5.26 Å². The van der Waals surface area contributed by atoms with E-state index >= 15 is 0 Å². The van der Waals surface area contributed by atoms with Crippen molar-refractivity contribution in [2.24, 2.45) is 0 Å². The summed E-state index contributed by atoms with van der Waals surface area (Å²) in [7, 11) is 1.41. The molecule has 2 rings (SSSR count). The lowest BCUT2D eigenvalue weighted by atomic mass is 10.0. The Hall–Kier alpha value is -1.26. The maximum Gasteiger partial charge on any atom is 0.162 e. The fraction of sp³-hybridized carbons (Fsp3) is 0.500. The van der Waals surface area contributed by atoms with Gasteiger partial charge >= 0.3 is 0 Å². The van der Waals surface area contributed by atoms with Gasteiger partial charge in [0.25, 0.3) is 0 Å². The van der Waals surface area contributed by atoms with E-state index < -0.39 is 12.7 Å². The summed E-state index contributed by atoms with van der Waals surface area (Å²) >= 11 is 0. The van der Waals surface area contributed by atoms with E-state index in [0.717, 1.165) is 13.1 Å². The number of ether oxygens (including phenoxy) is 1. The van der Waals surface area contributed by atoms with Crippen LogP contribution >= 0.6 is 24.8 Å². The van der Waals surface area contributed by atoms with E-state index in [1.807, 2.05) is 11.0 Å². The number of piperazine rings is 1. The molecule has 0 saturated carbocycles. The van der Waals surface area contributed by atoms with Gasteiger partial charge in [-0.1, -0.05) is 0 Å². The van der Waals surface area contributed by atoms with E-state index in [1.165, 1.54) is 19.2 Å². The summed E-state index contributed by atoms with van der Waals surface area (Å²) in [6.07, 6.45) is 0. The number of phenolic OH excluding ortho intramolecular Hbond substituents is 1. The Balaban J connectivity index is 0.00000220. The number of phenols is 1. The molecule has 1 saturated heterocycles. The number of nitriles is 1. The highest BCUT2D eigenvalue weighted by molar-refractivity contribution is 5.85. The molecule has 22 heavy (non-hydrogen) atoms. The monoisotopic (exact) mass is 351 g/mol. The highest BCUT2D eigenvalue weighted by Crippen LogP contribution is 2.37. The summed E-state index contributed by atoms with van der Waals surface area (Å²) in [5, 5.41) is 22.4. The zero-order chi connectivity index (χ0) is 14.5. The maximum absolute atomic E-state index is 13.5. The molecule has 0 unspecified atom stereocenters. The van der Waals surface area contributed by atoms with Crippen LogP contribution in [0.3, 0.4) is 0 Å². The van der Waals surface area contributed by atoms with E-state index in [0.29, 0.717) is 24.2 Å². The van der Waals surface area contributed by atoms with Crippen LogP contribution in [-0.2, 0) is 0 Å². The minimum atomic E-state index is -0.619. The summed E-state index contributed by atoms with van der Waals surface area (Å²) in [6, 6.07) is 4.43. The second-order valence-electron chi connectivity index (χ2n) is 4.68. The quantitative estimate of drug-likeness (QED) is 0.868. The molecule has 0 amide bonds. The van der Waals surface area contributed by atoms with Crippen LogP contribution < -0.4 is 10.1 Å². The normalized spacial score (nSPS) is 15.9. The lowest BCUT2D eigenvalue weighted by Crippen LogP contribution is -2.45. The van der Waals surface area contributed by atoms with Crippen LogP contribution in [-0.4, -0.2) is 50.0 Å². The number of aromatic hydroxyl groups is 1. The fourth-order valence-corrected chi connectivity index (χ4v) is 2.47. The molecule has 1 fully saturated rings. The number of benzene rings is 1. The zero-order valence-corrected chi connectivity index (χ0v) is 13.8. The van der Waals surface area contributed by atoms with E-state index in [2.05, 4.69) is 5.32 Å². The number of nitrogens with zero attached hydrogens (tertiary/aromatic N) is 2. The number of nitrogens with one attached hydrogen (secondary N) is 1. The first kappa shape index (κ1) is 20.7. The minimum Gasteiger partial charge on any atom is -0.504 e. The molecule has 0 aliphatic carbocycles. The number of halogens is 3. The van der Waals surface area contributed by atoms with E-state index in [1.54, 1.807) is 0 Å². The smallest absolute Gasteiger partial charge is 0.162 e. The van der Waals surface area contributed by atoms with Crippen molar-refractivity contribution in [1.82, 2.24) is 10.2 Å². The standard InChI is InChI=1S/C14H18FN3O2.2ClH/c1-20-13-7-10(9-16)6-11(14(13)19)12(8-15)18-4-2-17-3-5-18;;/h6-7,12,17,19H,2-5,8H2,1H3;2*1H/t12-;;/m1../s1. The molecular formula is C14H20Cl2FN3O2. The van der Waals surface area contributed by atoms with E-state index in [-0.39, 0.29) is 36.3 Å². The molecule has 124 valence electrons. The third kappa shape index (κ3) is 4.37. The molecule has 0 spiro atoms. The lowest BCUT2D eigenvalue weighted by Gasteiger charge is -2.34. The number of rotatable bonds is 4. The molecule has 1 atom stereocenters. The van der Waals surface area contributed by atoms with Gasteiger partial charge in [-0.3, -0.25) is 4.90 Å². The van der Waals surface area contributed by atoms with Crippen molar-refractivity contribution in [3.63, 3.8) is 0 Å². The van der Waals surface area contributed by atoms with Crippen LogP contribution in [0.4, 0.5) is 4.39 Å². The third-order valence-electron chi connectivity index (χ3n) is 3.55. The highest BCUT2D eigenvalue weighted by atomic mass is 35.5. The van der Waals surface area contributed by atoms with Gasteiger partial charge in [-0.25, -0.2) is 4.39 Å². The first-order valence-corrected chi connectivity index (χ1v) is 6.53. The SMILES string of the molecule is COc1cc(C#N)cc([C@@H](CF)N2CCNCC2)c1O.Cl.Cl. The molecule has 0 bridgehead atoms. The Labute approximate surface area is 141 Å². The van der Waals surface area contributed by atoms with Gasteiger partial charge in [0.2, 0.25) is 0 Å². The fourth-order valence-electron chi connectivity index (χ4n) is 2.47. The molecule has 0 aromatic heterocycles. The van der Waals surface area contributed by atoms with Crippen molar-refractivity contribution in [2.45, 2.75) is 6.04 Å². The molecule has 1 aliphatic rings. The van der Waals surface area contributed by atoms with Gasteiger partial charge in [0.1, 0.15) is 6.67 Å². The van der Waals surface area contributed by atoms with Gasteiger partial charge < -0.3 is 15.2 Å². The predicted octanol–water partition coefficient (Wildman–Crippen LogP) is 2.03. The second kappa shape index (κ2) is 9.70. The summed E-state index contributed by atoms with van der Waals surface area (Å²) in [5.41, 5.74) is 0.758. The molecular weight excluding hydrogens is 332 g/mol. The Morgan fingerprint density at radius 3 is 2.55 bits per heavy atom. The van der Waals surface area contributed by atoms with Crippen LogP contribution in [0.1, 0.15) is 17.2 Å². The number of alkyl halides is 1. The Morgan fingerprint density at radius 2 is 2.05 bits per heavy atom. The molecule has 8 heteroatoms. The van der Waals surface area contributed by atoms with Crippen LogP contribution in [0.2, 0.25) is 0 Å². The van der Waals surface area contributed by atoms with Gasteiger partial charge in [0, 0.05) is 37.8 Å². The topological polar surface area (TPSA) is 68.5 Å². The summed E-state index contributed by atoms with van der Waals surface area (Å²) in [4.78, 5) is 1.96. The Bertz CT molecular complexity index is 520. The summed E-state index contributed by atoms with van der Waals surface area (Å²) < 4.78 is 18.5. The van der Waals surface area contributed by atoms with Crippen LogP contribution in [0.5, 0.6) is 11.5 Å². The van der Waals surface area contributed by atoms with Crippen molar-refractivity contribution >= 4 is 24.8 Å². The Kier molecular flexibility index (Phi) is 9.14. The summed E-state index contributed by atoms with van der Waals surface area (Å²) in [6.45, 7) is 2.35. The molecule has 1 aromatic rings. The average molecular weight is 352 g/mol. The molecule has 1 heterocycles. The van der Waals surface area contributed by atoms with Crippen molar-refractivity contribution in [3.05, 3.63) is 23.3 Å². The van der Waals surface area contributed by atoms with Gasteiger partial charge in [-0.15, -0.1) is 24.8 Å². The number of hydrogen-bond donors (Lipinski definition) is 2. The highest BCUT2D eigenvalue weighted by Gasteiger charge is 2.26. The van der Waals surface area contributed by atoms with Gasteiger partial charge in [0.05, 0.1) is 24.8 Å². The minimum absolute atomic E-state index is 0. The lowest BCUT2D eigenvalue weighted by molar-refractivity contribution is 0.144. The van der Waals surface area contributed by atoms with E-state index in [9.17, 15) is 9.50 Å². The largest absolute Gasteiger partial charge is 0.504 e. The first-order valence-electron chi connectivity index (χ1n) is 6.53. The maximum atomic E-state index is 13.5. The number of methoxy groups -OCH3 is 1. The molecule has 1 aromatic carbocycles. The van der Waals surface area contributed by atoms with Gasteiger partial charge in [-0.2, -0.15) is 5.26 Å². The Morgan fingerprint density at radius 1 is 1.41 bits per heavy atom. The van der Waals surface area contributed by atoms with Crippen LogP contribution in [0.25, 0.3) is 0 Å². The molecule has 1 aliphatic heterocycles. The molecule has 2 N–H and O–H groups in total. The predicted molar refractivity (Wildman–Crippen MR) is 87.0 cm³/mol. The average Bonchev–Trinajstić information content (AvgIpc) is 2.50. The van der Waals surface area contributed by atoms with Crippen LogP contribution in [0, 0.1) is 11.3 Å². The third-order valence-corrected chi connectivity index (χ3v) is 3.55. The van der Waals surface area contributed by atoms with Crippen LogP contribution in [0.15, 0.2) is 12.1 Å². The van der Waals surface area contributed by atoms with Crippen molar-refractivity contribution in [3.8, 4) is 17.6 Å². The summed E-state index contributed by atoms with van der Waals surface area (Å²) in [5.74, 6) is 0.111. The van der Waals surface area contributed by atoms with Gasteiger partial charge in [0.15, 0.2) is 11.5 Å². The van der Waals surface area contributed by atoms with Crippen molar-refractivity contribution in [2.75, 3.05) is 40.0 Å². The van der Waals surface area contributed by atoms with E-state index in [4.69, 9.17) is 10.00 Å². The zero-order valence-electron chi connectivity index (χ0n) is 12.2. The molecule has 0 radical (unpaired) electrons.